The zero-order chi connectivity index (χ0) is 21.1. The lowest BCUT2D eigenvalue weighted by molar-refractivity contribution is -0.116. The Morgan fingerprint density at radius 1 is 1.13 bits per heavy atom. The molecule has 2 aromatic heterocycles. The smallest absolute Gasteiger partial charge is 0.263 e. The van der Waals surface area contributed by atoms with Crippen LogP contribution in [0.2, 0.25) is 0 Å². The normalized spacial score (nSPS) is 11.5. The molecule has 154 valence electrons. The number of nitrogens with zero attached hydrogens (tertiary/aromatic N) is 2. The van der Waals surface area contributed by atoms with Crippen molar-refractivity contribution in [2.24, 2.45) is 0 Å². The van der Waals surface area contributed by atoms with Gasteiger partial charge in [-0.1, -0.05) is 12.1 Å². The van der Waals surface area contributed by atoms with E-state index in [1.807, 2.05) is 19.2 Å². The number of amides is 1. The molecule has 0 fully saturated rings. The first-order valence-electron chi connectivity index (χ1n) is 9.28. The van der Waals surface area contributed by atoms with Gasteiger partial charge in [-0.2, -0.15) is 0 Å². The third kappa shape index (κ3) is 4.52. The maximum Gasteiger partial charge on any atom is 0.263 e. The Labute approximate surface area is 178 Å². The van der Waals surface area contributed by atoms with Crippen molar-refractivity contribution in [1.82, 2.24) is 9.55 Å². The molecule has 0 unspecified atom stereocenters. The second-order valence-electron chi connectivity index (χ2n) is 6.84. The van der Waals surface area contributed by atoms with Crippen LogP contribution in [-0.4, -0.2) is 23.9 Å². The van der Waals surface area contributed by atoms with E-state index in [2.05, 4.69) is 37.8 Å². The maximum absolute atomic E-state index is 12.4. The number of carbonyl (C=O) groups is 1. The molecule has 0 aliphatic rings. The quantitative estimate of drug-likeness (QED) is 0.450. The largest absolute Gasteiger partial charge is 0.347 e. The van der Waals surface area contributed by atoms with Crippen LogP contribution in [0.3, 0.4) is 0 Å². The second-order valence-corrected chi connectivity index (χ2v) is 9.41. The van der Waals surface area contributed by atoms with E-state index in [-0.39, 0.29) is 10.8 Å². The number of nitrogens with one attached hydrogen (secondary N) is 2. The standard InChI is InChI=1S/C21H20N4O3S2/c1-15-2-3-16-8-11-25(19(16)14-15)12-9-20(26)23-17-4-6-18(7-5-17)30(27,28)24-21-22-10-13-29-21/h2-8,10-11,13-14H,9,12H2,1H3,(H,22,24)(H,23,26). The summed E-state index contributed by atoms with van der Waals surface area (Å²) in [5.74, 6) is -0.138. The van der Waals surface area contributed by atoms with Gasteiger partial charge in [-0.15, -0.1) is 11.3 Å². The summed E-state index contributed by atoms with van der Waals surface area (Å²) < 4.78 is 29.2. The Morgan fingerprint density at radius 2 is 1.93 bits per heavy atom. The van der Waals surface area contributed by atoms with Gasteiger partial charge in [0, 0.05) is 41.9 Å². The predicted molar refractivity (Wildman–Crippen MR) is 119 cm³/mol. The summed E-state index contributed by atoms with van der Waals surface area (Å²) in [6.45, 7) is 2.60. The van der Waals surface area contributed by atoms with Crippen LogP contribution in [0.15, 0.2) is 71.2 Å². The number of anilines is 2. The first kappa shape index (κ1) is 20.1. The van der Waals surface area contributed by atoms with Crippen LogP contribution in [0, 0.1) is 6.92 Å². The van der Waals surface area contributed by atoms with Gasteiger partial charge in [0.15, 0.2) is 5.13 Å². The Kier molecular flexibility index (Phi) is 5.56. The molecule has 0 spiro atoms. The second kappa shape index (κ2) is 8.29. The summed E-state index contributed by atoms with van der Waals surface area (Å²) in [6, 6.07) is 14.3. The van der Waals surface area contributed by atoms with Crippen LogP contribution in [0.1, 0.15) is 12.0 Å². The molecule has 9 heteroatoms. The van der Waals surface area contributed by atoms with E-state index in [1.54, 1.807) is 17.5 Å². The molecule has 1 amide bonds. The predicted octanol–water partition coefficient (Wildman–Crippen LogP) is 4.24. The van der Waals surface area contributed by atoms with Crippen LogP contribution >= 0.6 is 11.3 Å². The molecular formula is C21H20N4O3S2. The molecule has 0 saturated heterocycles. The molecule has 0 atom stereocenters. The van der Waals surface area contributed by atoms with Gasteiger partial charge in [0.1, 0.15) is 0 Å². The molecule has 0 aliphatic carbocycles. The first-order valence-corrected chi connectivity index (χ1v) is 11.6. The van der Waals surface area contributed by atoms with Gasteiger partial charge in [0.2, 0.25) is 5.91 Å². The molecule has 0 saturated carbocycles. The summed E-state index contributed by atoms with van der Waals surface area (Å²) in [5.41, 5.74) is 2.82. The molecular weight excluding hydrogens is 420 g/mol. The summed E-state index contributed by atoms with van der Waals surface area (Å²) in [5, 5.41) is 5.95. The monoisotopic (exact) mass is 440 g/mol. The van der Waals surface area contributed by atoms with Gasteiger partial charge >= 0.3 is 0 Å². The number of rotatable bonds is 7. The number of aromatic nitrogens is 2. The van der Waals surface area contributed by atoms with Crippen molar-refractivity contribution in [2.45, 2.75) is 24.8 Å². The SMILES string of the molecule is Cc1ccc2ccn(CCC(=O)Nc3ccc(S(=O)(=O)Nc4nccs4)cc3)c2c1. The zero-order valence-electron chi connectivity index (χ0n) is 16.2. The van der Waals surface area contributed by atoms with Gasteiger partial charge in [-0.05, 0) is 54.3 Å². The van der Waals surface area contributed by atoms with Gasteiger partial charge in [-0.25, -0.2) is 13.4 Å². The Morgan fingerprint density at radius 3 is 2.67 bits per heavy atom. The fourth-order valence-corrected chi connectivity index (χ4v) is 4.89. The number of aryl methyl sites for hydroxylation is 2. The molecule has 7 nitrogen and oxygen atoms in total. The number of carbonyl (C=O) groups excluding carboxylic acids is 1. The summed E-state index contributed by atoms with van der Waals surface area (Å²) in [7, 11) is -3.71. The van der Waals surface area contributed by atoms with E-state index in [4.69, 9.17) is 0 Å². The van der Waals surface area contributed by atoms with Crippen LogP contribution < -0.4 is 10.0 Å². The van der Waals surface area contributed by atoms with Gasteiger partial charge in [0.05, 0.1) is 4.90 Å². The molecule has 30 heavy (non-hydrogen) atoms. The Bertz CT molecular complexity index is 1280. The van der Waals surface area contributed by atoms with Crippen molar-refractivity contribution in [2.75, 3.05) is 10.0 Å². The minimum atomic E-state index is -3.71. The van der Waals surface area contributed by atoms with Crippen molar-refractivity contribution in [3.05, 3.63) is 71.9 Å². The zero-order valence-corrected chi connectivity index (χ0v) is 17.8. The lowest BCUT2D eigenvalue weighted by atomic mass is 10.2. The van der Waals surface area contributed by atoms with E-state index in [0.29, 0.717) is 23.8 Å². The van der Waals surface area contributed by atoms with E-state index >= 15 is 0 Å². The van der Waals surface area contributed by atoms with E-state index in [9.17, 15) is 13.2 Å². The Hall–Kier alpha value is -3.17. The number of hydrogen-bond acceptors (Lipinski definition) is 5. The van der Waals surface area contributed by atoms with Crippen molar-refractivity contribution in [1.29, 1.82) is 0 Å². The summed E-state index contributed by atoms with van der Waals surface area (Å²) >= 11 is 1.20. The third-order valence-corrected chi connectivity index (χ3v) is 6.78. The highest BCUT2D eigenvalue weighted by molar-refractivity contribution is 7.93. The number of fused-ring (bicyclic) bond motifs is 1. The molecule has 0 radical (unpaired) electrons. The van der Waals surface area contributed by atoms with Crippen LogP contribution in [-0.2, 0) is 21.4 Å². The van der Waals surface area contributed by atoms with Crippen molar-refractivity contribution >= 4 is 49.0 Å². The first-order chi connectivity index (χ1) is 14.4. The fourth-order valence-electron chi connectivity index (χ4n) is 3.10. The number of benzene rings is 2. The lowest BCUT2D eigenvalue weighted by Crippen LogP contribution is -2.15. The van der Waals surface area contributed by atoms with Crippen molar-refractivity contribution in [3.8, 4) is 0 Å². The molecule has 4 aromatic rings. The molecule has 0 aliphatic heterocycles. The number of hydrogen-bond donors (Lipinski definition) is 2. The number of thiazole rings is 1. The van der Waals surface area contributed by atoms with Crippen LogP contribution in [0.4, 0.5) is 10.8 Å². The molecule has 2 aromatic carbocycles. The average molecular weight is 441 g/mol. The molecule has 4 rings (SSSR count). The van der Waals surface area contributed by atoms with Gasteiger partial charge in [0.25, 0.3) is 10.0 Å². The summed E-state index contributed by atoms with van der Waals surface area (Å²) in [6.07, 6.45) is 3.81. The lowest BCUT2D eigenvalue weighted by Gasteiger charge is -2.09. The minimum absolute atomic E-state index is 0.102. The van der Waals surface area contributed by atoms with E-state index < -0.39 is 10.0 Å². The van der Waals surface area contributed by atoms with E-state index in [1.165, 1.54) is 35.2 Å². The Balaban J connectivity index is 1.37. The molecule has 2 N–H and O–H groups in total. The molecule has 0 bridgehead atoms. The van der Waals surface area contributed by atoms with Crippen LogP contribution in [0.25, 0.3) is 10.9 Å². The van der Waals surface area contributed by atoms with Crippen LogP contribution in [0.5, 0.6) is 0 Å². The van der Waals surface area contributed by atoms with Crippen molar-refractivity contribution in [3.63, 3.8) is 0 Å². The van der Waals surface area contributed by atoms with Gasteiger partial charge in [-0.3, -0.25) is 9.52 Å². The highest BCUT2D eigenvalue weighted by atomic mass is 32.2. The topological polar surface area (TPSA) is 93.1 Å². The van der Waals surface area contributed by atoms with Crippen molar-refractivity contribution < 1.29 is 13.2 Å². The average Bonchev–Trinajstić information content (AvgIpc) is 3.36. The minimum Gasteiger partial charge on any atom is -0.347 e. The fraction of sp³-hybridized carbons (Fsp3) is 0.143. The summed E-state index contributed by atoms with van der Waals surface area (Å²) in [4.78, 5) is 16.4. The van der Waals surface area contributed by atoms with E-state index in [0.717, 1.165) is 10.9 Å². The highest BCUT2D eigenvalue weighted by Gasteiger charge is 2.15. The maximum atomic E-state index is 12.4. The highest BCUT2D eigenvalue weighted by Crippen LogP contribution is 2.20. The molecule has 2 heterocycles. The number of sulfonamides is 1. The van der Waals surface area contributed by atoms with Gasteiger partial charge < -0.3 is 9.88 Å². The third-order valence-electron chi connectivity index (χ3n) is 4.61.